The van der Waals surface area contributed by atoms with Gasteiger partial charge in [-0.1, -0.05) is 65.6 Å². The summed E-state index contributed by atoms with van der Waals surface area (Å²) < 4.78 is 6.18. The van der Waals surface area contributed by atoms with Gasteiger partial charge in [0.25, 0.3) is 0 Å². The number of hydrogen-bond acceptors (Lipinski definition) is 8. The van der Waals surface area contributed by atoms with Crippen LogP contribution in [0.25, 0.3) is 0 Å². The van der Waals surface area contributed by atoms with Crippen molar-refractivity contribution >= 4 is 35.2 Å². The molecule has 0 aliphatic heterocycles. The Morgan fingerprint density at radius 1 is 0.949 bits per heavy atom. The van der Waals surface area contributed by atoms with Gasteiger partial charge in [0, 0.05) is 30.0 Å². The number of hydrogen-bond donors (Lipinski definition) is 2. The van der Waals surface area contributed by atoms with Crippen molar-refractivity contribution in [2.24, 2.45) is 56.2 Å². The first kappa shape index (κ1) is 45.7. The van der Waals surface area contributed by atoms with Crippen molar-refractivity contribution in [3.8, 4) is 0 Å². The number of aliphatic hydroxyl groups excluding tert-OH is 1. The lowest BCUT2D eigenvalue weighted by Crippen LogP contribution is -2.66. The number of Topliss-reactive ketones (excluding diaryl/α,β-unsaturated/α-hetero) is 1. The fourth-order valence-electron chi connectivity index (χ4n) is 13.9. The van der Waals surface area contributed by atoms with Crippen LogP contribution in [0, 0.1) is 56.2 Å². The molecule has 0 aromatic carbocycles. The number of carboxylic acids is 1. The molecule has 0 bridgehead atoms. The van der Waals surface area contributed by atoms with Gasteiger partial charge in [-0.2, -0.15) is 0 Å². The van der Waals surface area contributed by atoms with E-state index in [0.717, 1.165) is 50.5 Å². The topological polar surface area (TPSA) is 137 Å². The Labute approximate surface area is 358 Å². The van der Waals surface area contributed by atoms with Gasteiger partial charge in [-0.3, -0.25) is 24.2 Å². The number of carboxylic acid groups (broad SMARTS) is 1. The molecule has 1 amide bonds. The highest BCUT2D eigenvalue weighted by molar-refractivity contribution is 6.30. The molecule has 5 aliphatic carbocycles. The summed E-state index contributed by atoms with van der Waals surface area (Å²) in [4.78, 5) is 61.5. The Balaban J connectivity index is 1.31. The number of aromatic nitrogens is 1. The van der Waals surface area contributed by atoms with Gasteiger partial charge in [0.15, 0.2) is 5.78 Å². The van der Waals surface area contributed by atoms with E-state index in [4.69, 9.17) is 16.3 Å². The molecule has 4 fully saturated rings. The van der Waals surface area contributed by atoms with Crippen molar-refractivity contribution in [2.75, 3.05) is 27.2 Å². The predicted octanol–water partition coefficient (Wildman–Crippen LogP) is 8.94. The Hall–Kier alpha value is -2.82. The van der Waals surface area contributed by atoms with Gasteiger partial charge < -0.3 is 24.7 Å². The summed E-state index contributed by atoms with van der Waals surface area (Å²) in [6, 6.07) is 3.19. The molecule has 4 saturated carbocycles. The molecule has 2 N–H and O–H groups in total. The third-order valence-electron chi connectivity index (χ3n) is 17.3. The van der Waals surface area contributed by atoms with Crippen LogP contribution in [0.4, 0.5) is 0 Å². The number of fused-ring (bicyclic) bond motifs is 7. The molecular formula is C48H72ClN3O7. The van der Waals surface area contributed by atoms with Gasteiger partial charge in [-0.25, -0.2) is 0 Å². The minimum absolute atomic E-state index is 0.00165. The summed E-state index contributed by atoms with van der Waals surface area (Å²) in [6.45, 7) is 21.6. The van der Waals surface area contributed by atoms with Gasteiger partial charge in [0.05, 0.1) is 41.2 Å². The zero-order valence-corrected chi connectivity index (χ0v) is 38.7. The summed E-state index contributed by atoms with van der Waals surface area (Å²) in [5, 5.41) is 22.9. The Morgan fingerprint density at radius 3 is 2.22 bits per heavy atom. The van der Waals surface area contributed by atoms with E-state index in [1.807, 2.05) is 32.0 Å². The van der Waals surface area contributed by atoms with Crippen LogP contribution in [-0.4, -0.2) is 88.0 Å². The minimum atomic E-state index is -1.19. The lowest BCUT2D eigenvalue weighted by Gasteiger charge is -2.72. The highest BCUT2D eigenvalue weighted by Crippen LogP contribution is 2.77. The normalized spacial score (nSPS) is 35.0. The standard InChI is InChI=1S/C48H72ClN3O7/c1-28(2)40-33(53)23-48(36(54)26-52(38(55)27-51(11)12)29(3)32-15-13-30(49)25-50-32)22-21-46(9)31(41(40)48)14-16-35-45(8)19-18-37(59-39(56)24-43(4,5)42(57)58)44(6,7)34(45)17-20-47(35,46)10/h13,15,25,28-29,31,34-37,54H,14,16-24,26-27H2,1-12H3,(H,57,58)/t29-,31+,34-,35+,36?,37-,45-,46+,47+,48?/m0/s1. The van der Waals surface area contributed by atoms with E-state index >= 15 is 0 Å². The van der Waals surface area contributed by atoms with Crippen molar-refractivity contribution in [3.05, 3.63) is 40.2 Å². The van der Waals surface area contributed by atoms with Gasteiger partial charge in [-0.05, 0) is 144 Å². The molecule has 6 rings (SSSR count). The summed E-state index contributed by atoms with van der Waals surface area (Å²) in [5.41, 5.74) is 0.367. The number of aliphatic hydroxyl groups is 1. The molecular weight excluding hydrogens is 766 g/mol. The molecule has 1 aromatic heterocycles. The average molecular weight is 839 g/mol. The monoisotopic (exact) mass is 838 g/mol. The number of rotatable bonds is 12. The molecule has 11 heteroatoms. The van der Waals surface area contributed by atoms with E-state index in [9.17, 15) is 29.4 Å². The number of ether oxygens (including phenoxy) is 1. The van der Waals surface area contributed by atoms with Gasteiger partial charge in [0.1, 0.15) is 6.10 Å². The minimum Gasteiger partial charge on any atom is -0.481 e. The van der Waals surface area contributed by atoms with Gasteiger partial charge >= 0.3 is 11.9 Å². The lowest BCUT2D eigenvalue weighted by molar-refractivity contribution is -0.235. The number of nitrogens with zero attached hydrogens (tertiary/aromatic N) is 3. The Morgan fingerprint density at radius 2 is 1.63 bits per heavy atom. The maximum Gasteiger partial charge on any atom is 0.309 e. The van der Waals surface area contributed by atoms with E-state index in [1.165, 1.54) is 5.57 Å². The summed E-state index contributed by atoms with van der Waals surface area (Å²) >= 11 is 6.19. The Bertz CT molecular complexity index is 1860. The second-order valence-corrected chi connectivity index (χ2v) is 22.4. The van der Waals surface area contributed by atoms with Crippen molar-refractivity contribution in [2.45, 2.75) is 152 Å². The molecule has 1 heterocycles. The Kier molecular flexibility index (Phi) is 12.3. The maximum atomic E-state index is 14.4. The number of likely N-dealkylation sites (N-methyl/N-ethyl adjacent to an activating group) is 1. The van der Waals surface area contributed by atoms with Crippen LogP contribution in [0.2, 0.25) is 5.02 Å². The van der Waals surface area contributed by atoms with Crippen LogP contribution >= 0.6 is 11.6 Å². The molecule has 328 valence electrons. The molecule has 0 saturated heterocycles. The first-order valence-corrected chi connectivity index (χ1v) is 22.6. The summed E-state index contributed by atoms with van der Waals surface area (Å²) in [5.74, 6) is -0.546. The number of carbonyl (C=O) groups is 4. The number of pyridine rings is 1. The van der Waals surface area contributed by atoms with Crippen LogP contribution < -0.4 is 0 Å². The molecule has 0 radical (unpaired) electrons. The number of esters is 1. The maximum absolute atomic E-state index is 14.4. The third-order valence-corrected chi connectivity index (χ3v) is 17.5. The highest BCUT2D eigenvalue weighted by Gasteiger charge is 2.71. The molecule has 59 heavy (non-hydrogen) atoms. The SMILES string of the molecule is CC(C)C1=C2[C@H]3CC[C@@H]4[C@@]5(C)CC[C@H](OC(=O)CC(C)(C)C(=O)O)C(C)(C)[C@@H]5CC[C@@]4(C)[C@]3(C)CCC2(C(O)CN(C(=O)CN(C)C)[C@@H](C)c2ccc(Cl)cn2)CC1=O. The number of aliphatic carboxylic acids is 1. The quantitative estimate of drug-likeness (QED) is 0.198. The first-order valence-electron chi connectivity index (χ1n) is 22.2. The van der Waals surface area contributed by atoms with Gasteiger partial charge in [-0.15, -0.1) is 0 Å². The fourth-order valence-corrected chi connectivity index (χ4v) is 14.0. The van der Waals surface area contributed by atoms with Crippen LogP contribution in [0.3, 0.4) is 0 Å². The summed E-state index contributed by atoms with van der Waals surface area (Å²) in [7, 11) is 3.73. The van der Waals surface area contributed by atoms with Crippen molar-refractivity contribution in [1.29, 1.82) is 0 Å². The van der Waals surface area contributed by atoms with Crippen molar-refractivity contribution < 1.29 is 34.1 Å². The highest BCUT2D eigenvalue weighted by atomic mass is 35.5. The van der Waals surface area contributed by atoms with E-state index in [0.29, 0.717) is 29.0 Å². The molecule has 10 nitrogen and oxygen atoms in total. The molecule has 10 atom stereocenters. The second-order valence-electron chi connectivity index (χ2n) is 21.9. The van der Waals surface area contributed by atoms with E-state index in [2.05, 4.69) is 53.5 Å². The van der Waals surface area contributed by atoms with E-state index in [1.54, 1.807) is 31.0 Å². The second kappa shape index (κ2) is 15.8. The van der Waals surface area contributed by atoms with Crippen LogP contribution in [0.15, 0.2) is 29.5 Å². The number of halogens is 1. The summed E-state index contributed by atoms with van der Waals surface area (Å²) in [6.07, 6.45) is 7.67. The van der Waals surface area contributed by atoms with Crippen LogP contribution in [0.5, 0.6) is 0 Å². The van der Waals surface area contributed by atoms with E-state index in [-0.39, 0.29) is 77.2 Å². The lowest BCUT2D eigenvalue weighted by atomic mass is 9.33. The number of allylic oxidation sites excluding steroid dienone is 1. The number of ketones is 1. The smallest absolute Gasteiger partial charge is 0.309 e. The van der Waals surface area contributed by atoms with Crippen molar-refractivity contribution in [1.82, 2.24) is 14.8 Å². The molecule has 1 aromatic rings. The van der Waals surface area contributed by atoms with E-state index < -0.39 is 34.9 Å². The molecule has 2 unspecified atom stereocenters. The predicted molar refractivity (Wildman–Crippen MR) is 229 cm³/mol. The van der Waals surface area contributed by atoms with Crippen LogP contribution in [0.1, 0.15) is 145 Å². The molecule has 5 aliphatic rings. The zero-order chi connectivity index (χ0) is 43.8. The molecule has 0 spiro atoms. The number of carbonyl (C=O) groups excluding carboxylic acids is 3. The average Bonchev–Trinajstić information content (AvgIpc) is 3.44. The number of amides is 1. The van der Waals surface area contributed by atoms with Crippen LogP contribution in [-0.2, 0) is 23.9 Å². The van der Waals surface area contributed by atoms with Gasteiger partial charge in [0.2, 0.25) is 5.91 Å². The third kappa shape index (κ3) is 7.51. The zero-order valence-electron chi connectivity index (χ0n) is 37.9. The first-order chi connectivity index (χ1) is 27.3. The largest absolute Gasteiger partial charge is 0.481 e. The fraction of sp³-hybridized carbons (Fsp3) is 0.771. The van der Waals surface area contributed by atoms with Crippen molar-refractivity contribution in [3.63, 3.8) is 0 Å².